The molecule has 1 aliphatic heterocycles. The number of carbonyl (C=O) groups excluding carboxylic acids is 3. The molecular weight excluding hydrogens is 362 g/mol. The molecule has 28 heavy (non-hydrogen) atoms. The summed E-state index contributed by atoms with van der Waals surface area (Å²) in [4.78, 5) is 38.7. The van der Waals surface area contributed by atoms with E-state index in [9.17, 15) is 14.4 Å². The fraction of sp³-hybridized carbons (Fsp3) is 0.550. The molecule has 0 radical (unpaired) electrons. The monoisotopic (exact) mass is 389 g/mol. The number of nitrogens with zero attached hydrogens (tertiary/aromatic N) is 1. The van der Waals surface area contributed by atoms with Gasteiger partial charge in [-0.25, -0.2) is 4.79 Å². The lowest BCUT2D eigenvalue weighted by Gasteiger charge is -2.38. The van der Waals surface area contributed by atoms with Gasteiger partial charge >= 0.3 is 12.1 Å². The zero-order valence-electron chi connectivity index (χ0n) is 16.0. The molecule has 1 aliphatic carbocycles. The average Bonchev–Trinajstić information content (AvgIpc) is 3.06. The topological polar surface area (TPSA) is 111 Å². The zero-order valence-corrected chi connectivity index (χ0v) is 16.0. The van der Waals surface area contributed by atoms with Crippen molar-refractivity contribution in [3.05, 3.63) is 35.9 Å². The van der Waals surface area contributed by atoms with Crippen LogP contribution in [0.15, 0.2) is 30.3 Å². The standard InChI is InChI=1S/C20H27N3O5/c1-27-19(25)15-11-14(21)7-8-17(15)23-10-9-16(18(23)24)22-20(26)28-12-13-5-3-2-4-6-13/h2-6,14-17H,7-12,21H2,1H3,(H,22,26)/t14-,15-,16?,17+/m1/s1. The van der Waals surface area contributed by atoms with Crippen LogP contribution in [0.25, 0.3) is 0 Å². The molecule has 152 valence electrons. The number of amides is 2. The van der Waals surface area contributed by atoms with Crippen molar-refractivity contribution < 1.29 is 23.9 Å². The van der Waals surface area contributed by atoms with Crippen molar-refractivity contribution in [1.29, 1.82) is 0 Å². The summed E-state index contributed by atoms with van der Waals surface area (Å²) in [5.74, 6) is -0.959. The third-order valence-corrected chi connectivity index (χ3v) is 5.50. The largest absolute Gasteiger partial charge is 0.469 e. The molecule has 2 amide bonds. The number of ether oxygens (including phenoxy) is 2. The molecule has 1 unspecified atom stereocenters. The summed E-state index contributed by atoms with van der Waals surface area (Å²) in [6.07, 6.45) is 1.75. The van der Waals surface area contributed by atoms with Gasteiger partial charge in [-0.05, 0) is 31.2 Å². The van der Waals surface area contributed by atoms with Crippen LogP contribution in [0.2, 0.25) is 0 Å². The van der Waals surface area contributed by atoms with E-state index in [2.05, 4.69) is 5.32 Å². The van der Waals surface area contributed by atoms with Crippen molar-refractivity contribution in [2.75, 3.05) is 13.7 Å². The number of esters is 1. The first kappa shape index (κ1) is 20.1. The summed E-state index contributed by atoms with van der Waals surface area (Å²) in [5.41, 5.74) is 6.87. The van der Waals surface area contributed by atoms with Crippen LogP contribution < -0.4 is 11.1 Å². The van der Waals surface area contributed by atoms with Crippen LogP contribution >= 0.6 is 0 Å². The lowest BCUT2D eigenvalue weighted by molar-refractivity contribution is -0.151. The molecule has 4 atom stereocenters. The number of carbonyl (C=O) groups is 3. The number of hydrogen-bond donors (Lipinski definition) is 2. The molecule has 3 rings (SSSR count). The Morgan fingerprint density at radius 1 is 1.21 bits per heavy atom. The van der Waals surface area contributed by atoms with Gasteiger partial charge in [0.05, 0.1) is 13.0 Å². The zero-order chi connectivity index (χ0) is 20.1. The molecule has 2 aliphatic rings. The van der Waals surface area contributed by atoms with Crippen molar-refractivity contribution in [2.24, 2.45) is 11.7 Å². The number of alkyl carbamates (subject to hydrolysis) is 1. The van der Waals surface area contributed by atoms with E-state index in [0.29, 0.717) is 25.8 Å². The SMILES string of the molecule is COC(=O)[C@@H]1C[C@H](N)CC[C@@H]1N1CCC(NC(=O)OCc2ccccc2)C1=O. The van der Waals surface area contributed by atoms with E-state index in [-0.39, 0.29) is 30.6 Å². The van der Waals surface area contributed by atoms with Crippen LogP contribution in [0, 0.1) is 5.92 Å². The molecule has 1 saturated heterocycles. The minimum Gasteiger partial charge on any atom is -0.469 e. The van der Waals surface area contributed by atoms with Crippen molar-refractivity contribution in [2.45, 2.75) is 50.4 Å². The van der Waals surface area contributed by atoms with Crippen LogP contribution in [-0.4, -0.2) is 54.6 Å². The van der Waals surface area contributed by atoms with Gasteiger partial charge in [0.25, 0.3) is 0 Å². The third kappa shape index (κ3) is 4.62. The smallest absolute Gasteiger partial charge is 0.408 e. The minimum atomic E-state index is -0.642. The first-order chi connectivity index (χ1) is 13.5. The van der Waals surface area contributed by atoms with Crippen molar-refractivity contribution >= 4 is 18.0 Å². The summed E-state index contributed by atoms with van der Waals surface area (Å²) in [7, 11) is 1.35. The Hall–Kier alpha value is -2.61. The number of hydrogen-bond acceptors (Lipinski definition) is 6. The van der Waals surface area contributed by atoms with Crippen LogP contribution in [0.3, 0.4) is 0 Å². The number of nitrogens with two attached hydrogens (primary N) is 1. The highest BCUT2D eigenvalue weighted by atomic mass is 16.5. The van der Waals surface area contributed by atoms with Crippen LogP contribution in [0.5, 0.6) is 0 Å². The van der Waals surface area contributed by atoms with E-state index < -0.39 is 18.1 Å². The van der Waals surface area contributed by atoms with Gasteiger partial charge in [-0.3, -0.25) is 9.59 Å². The van der Waals surface area contributed by atoms with E-state index >= 15 is 0 Å². The maximum Gasteiger partial charge on any atom is 0.408 e. The summed E-state index contributed by atoms with van der Waals surface area (Å²) in [5, 5.41) is 2.64. The Bertz CT molecular complexity index is 711. The highest BCUT2D eigenvalue weighted by molar-refractivity contribution is 5.88. The van der Waals surface area contributed by atoms with Gasteiger partial charge in [-0.2, -0.15) is 0 Å². The Morgan fingerprint density at radius 3 is 2.68 bits per heavy atom. The molecule has 1 saturated carbocycles. The second-order valence-corrected chi connectivity index (χ2v) is 7.35. The lowest BCUT2D eigenvalue weighted by Crippen LogP contribution is -2.52. The van der Waals surface area contributed by atoms with Crippen LogP contribution in [-0.2, 0) is 25.7 Å². The quantitative estimate of drug-likeness (QED) is 0.732. The van der Waals surface area contributed by atoms with E-state index in [1.165, 1.54) is 7.11 Å². The molecule has 8 nitrogen and oxygen atoms in total. The Balaban J connectivity index is 1.56. The number of methoxy groups -OCH3 is 1. The van der Waals surface area contributed by atoms with Gasteiger partial charge in [0.2, 0.25) is 5.91 Å². The fourth-order valence-electron chi connectivity index (χ4n) is 4.04. The van der Waals surface area contributed by atoms with Crippen LogP contribution in [0.4, 0.5) is 4.79 Å². The first-order valence-corrected chi connectivity index (χ1v) is 9.60. The maximum atomic E-state index is 12.8. The molecule has 8 heteroatoms. The van der Waals surface area contributed by atoms with Crippen molar-refractivity contribution in [1.82, 2.24) is 10.2 Å². The second kappa shape index (κ2) is 9.05. The fourth-order valence-corrected chi connectivity index (χ4v) is 4.04. The first-order valence-electron chi connectivity index (χ1n) is 9.60. The number of rotatable bonds is 5. The van der Waals surface area contributed by atoms with Gasteiger partial charge in [0.15, 0.2) is 0 Å². The molecule has 0 spiro atoms. The summed E-state index contributed by atoms with van der Waals surface area (Å²) in [6.45, 7) is 0.623. The Morgan fingerprint density at radius 2 is 1.96 bits per heavy atom. The van der Waals surface area contributed by atoms with Crippen molar-refractivity contribution in [3.63, 3.8) is 0 Å². The van der Waals surface area contributed by atoms with E-state index in [1.54, 1.807) is 4.90 Å². The molecule has 0 bridgehead atoms. The maximum absolute atomic E-state index is 12.8. The molecule has 2 fully saturated rings. The molecule has 3 N–H and O–H groups in total. The van der Waals surface area contributed by atoms with Gasteiger partial charge in [-0.15, -0.1) is 0 Å². The summed E-state index contributed by atoms with van der Waals surface area (Å²) in [6, 6.07) is 8.37. The normalized spacial score (nSPS) is 27.4. The average molecular weight is 389 g/mol. The molecule has 0 aromatic heterocycles. The molecule has 1 heterocycles. The van der Waals surface area contributed by atoms with E-state index in [1.807, 2.05) is 30.3 Å². The third-order valence-electron chi connectivity index (χ3n) is 5.50. The Labute approximate surface area is 164 Å². The number of nitrogens with one attached hydrogen (secondary N) is 1. The van der Waals surface area contributed by atoms with Crippen molar-refractivity contribution in [3.8, 4) is 0 Å². The predicted molar refractivity (Wildman–Crippen MR) is 101 cm³/mol. The number of benzene rings is 1. The van der Waals surface area contributed by atoms with E-state index in [0.717, 1.165) is 12.0 Å². The molecular formula is C20H27N3O5. The van der Waals surface area contributed by atoms with Gasteiger partial charge in [0, 0.05) is 18.6 Å². The number of likely N-dealkylation sites (tertiary alicyclic amines) is 1. The lowest BCUT2D eigenvalue weighted by atomic mass is 9.81. The summed E-state index contributed by atoms with van der Waals surface area (Å²) >= 11 is 0. The van der Waals surface area contributed by atoms with E-state index in [4.69, 9.17) is 15.2 Å². The predicted octanol–water partition coefficient (Wildman–Crippen LogP) is 1.18. The van der Waals surface area contributed by atoms with Gasteiger partial charge in [0.1, 0.15) is 12.6 Å². The van der Waals surface area contributed by atoms with Crippen LogP contribution in [0.1, 0.15) is 31.2 Å². The molecule has 1 aromatic carbocycles. The minimum absolute atomic E-state index is 0.0695. The second-order valence-electron chi connectivity index (χ2n) is 7.35. The van der Waals surface area contributed by atoms with Gasteiger partial charge < -0.3 is 25.4 Å². The molecule has 1 aromatic rings. The van der Waals surface area contributed by atoms with Gasteiger partial charge in [-0.1, -0.05) is 30.3 Å². The summed E-state index contributed by atoms with van der Waals surface area (Å²) < 4.78 is 10.1. The highest BCUT2D eigenvalue weighted by Gasteiger charge is 2.44. The Kier molecular flexibility index (Phi) is 6.51. The highest BCUT2D eigenvalue weighted by Crippen LogP contribution is 2.31.